The maximum atomic E-state index is 12.9. The lowest BCUT2D eigenvalue weighted by Crippen LogP contribution is -2.30. The van der Waals surface area contributed by atoms with Crippen molar-refractivity contribution in [3.8, 4) is 0 Å². The van der Waals surface area contributed by atoms with Gasteiger partial charge in [-0.15, -0.1) is 0 Å². The molecule has 0 aromatic heterocycles. The minimum absolute atomic E-state index is 0.138. The standard InChI is InChI=1S/C73H112O6/c1-4-7-10-13-16-19-22-25-28-31-34-35-36-37-40-42-45-48-51-54-57-60-63-66-72(75)78-69-70(79-73(76)67-64-61-58-55-52-49-46-43-39-33-30-27-24-21-18-15-12-9-6-3)68-77-71(74)65-62-59-56-53-50-47-44-41-38-32-29-26-23-20-17-14-11-8-5-2/h7,9-10,12,16-21,25-30,34-35,37,39-40,43,45,48-49,52,54,57-58,61,70H,4-6,8,11,13-15,22-24,31-33,36,38,41-42,44,46-47,50-51,53,55-56,59-60,62-69H2,1-3H3/b10-7-,12-9-,19-16-,20-17-,21-18-,28-25-,29-26-,30-27-,35-34-,40-37-,43-39-,48-45-,52-49-,57-54-,61-58-. The van der Waals surface area contributed by atoms with Crippen LogP contribution < -0.4 is 0 Å². The predicted octanol–water partition coefficient (Wildman–Crippen LogP) is 21.7. The highest BCUT2D eigenvalue weighted by atomic mass is 16.6. The molecule has 0 spiro atoms. The van der Waals surface area contributed by atoms with Crippen LogP contribution in [0.4, 0.5) is 0 Å². The van der Waals surface area contributed by atoms with Crippen molar-refractivity contribution in [1.82, 2.24) is 0 Å². The molecule has 0 radical (unpaired) electrons. The van der Waals surface area contributed by atoms with Crippen molar-refractivity contribution < 1.29 is 28.6 Å². The Balaban J connectivity index is 4.63. The van der Waals surface area contributed by atoms with E-state index in [1.807, 2.05) is 12.2 Å². The third kappa shape index (κ3) is 63.2. The van der Waals surface area contributed by atoms with Crippen molar-refractivity contribution in [1.29, 1.82) is 0 Å². The summed E-state index contributed by atoms with van der Waals surface area (Å²) in [6.45, 7) is 6.26. The first kappa shape index (κ1) is 73.5. The van der Waals surface area contributed by atoms with Crippen molar-refractivity contribution in [2.45, 2.75) is 245 Å². The molecule has 0 fully saturated rings. The summed E-state index contributed by atoms with van der Waals surface area (Å²) in [5.74, 6) is -1.10. The summed E-state index contributed by atoms with van der Waals surface area (Å²) in [7, 11) is 0. The molecule has 440 valence electrons. The van der Waals surface area contributed by atoms with Gasteiger partial charge in [0, 0.05) is 19.3 Å². The van der Waals surface area contributed by atoms with Crippen LogP contribution in [0.5, 0.6) is 0 Å². The van der Waals surface area contributed by atoms with E-state index in [1.54, 1.807) is 0 Å². The Kier molecular flexibility index (Phi) is 60.5. The molecule has 0 heterocycles. The SMILES string of the molecule is CC/C=C\C/C=C\C/C=C\C/C=C\C/C=C\C/C=C\C/C=C\CCCC(=O)OCC(COC(=O)CCCCCCCCCCC/C=C\C/C=C\CCCCC)OC(=O)CC/C=C\C/C=C\C/C=C\C/C=C\C/C=C\C/C=C\CC. The number of rotatable bonds is 54. The van der Waals surface area contributed by atoms with Crippen molar-refractivity contribution in [2.24, 2.45) is 0 Å². The number of carbonyl (C=O) groups excluding carboxylic acids is 3. The fourth-order valence-electron chi connectivity index (χ4n) is 7.78. The third-order valence-corrected chi connectivity index (χ3v) is 12.4. The highest BCUT2D eigenvalue weighted by Gasteiger charge is 2.19. The lowest BCUT2D eigenvalue weighted by atomic mass is 10.1. The van der Waals surface area contributed by atoms with Gasteiger partial charge in [0.2, 0.25) is 0 Å². The predicted molar refractivity (Wildman–Crippen MR) is 343 cm³/mol. The van der Waals surface area contributed by atoms with E-state index in [2.05, 4.69) is 191 Å². The molecule has 1 unspecified atom stereocenters. The van der Waals surface area contributed by atoms with Crippen molar-refractivity contribution >= 4 is 17.9 Å². The summed E-state index contributed by atoms with van der Waals surface area (Å²) in [4.78, 5) is 38.3. The molecule has 79 heavy (non-hydrogen) atoms. The quantitative estimate of drug-likeness (QED) is 0.0261. The molecular formula is C73H112O6. The van der Waals surface area contributed by atoms with Crippen LogP contribution in [0.2, 0.25) is 0 Å². The molecule has 6 heteroatoms. The Morgan fingerprint density at radius 1 is 0.266 bits per heavy atom. The topological polar surface area (TPSA) is 78.9 Å². The largest absolute Gasteiger partial charge is 0.462 e. The zero-order chi connectivity index (χ0) is 57.1. The Morgan fingerprint density at radius 2 is 0.532 bits per heavy atom. The van der Waals surface area contributed by atoms with Gasteiger partial charge in [-0.05, 0) is 141 Å². The van der Waals surface area contributed by atoms with Crippen LogP contribution in [0.15, 0.2) is 182 Å². The van der Waals surface area contributed by atoms with E-state index < -0.39 is 12.1 Å². The van der Waals surface area contributed by atoms with E-state index in [9.17, 15) is 14.4 Å². The molecule has 0 saturated carbocycles. The first-order valence-electron chi connectivity index (χ1n) is 31.3. The van der Waals surface area contributed by atoms with E-state index in [1.165, 1.54) is 70.6 Å². The van der Waals surface area contributed by atoms with E-state index >= 15 is 0 Å². The second-order valence-electron chi connectivity index (χ2n) is 19.8. The van der Waals surface area contributed by atoms with Gasteiger partial charge in [-0.25, -0.2) is 0 Å². The molecule has 1 atom stereocenters. The van der Waals surface area contributed by atoms with Gasteiger partial charge < -0.3 is 14.2 Å². The van der Waals surface area contributed by atoms with Gasteiger partial charge in [-0.3, -0.25) is 14.4 Å². The summed E-state index contributed by atoms with van der Waals surface area (Å²) in [5.41, 5.74) is 0. The number of unbranched alkanes of at least 4 members (excludes halogenated alkanes) is 13. The number of hydrogen-bond acceptors (Lipinski definition) is 6. The molecule has 6 nitrogen and oxygen atoms in total. The summed E-state index contributed by atoms with van der Waals surface area (Å²) >= 11 is 0. The molecule has 0 aliphatic carbocycles. The lowest BCUT2D eigenvalue weighted by Gasteiger charge is -2.18. The molecule has 0 aliphatic heterocycles. The number of ether oxygens (including phenoxy) is 3. The zero-order valence-corrected chi connectivity index (χ0v) is 50.3. The highest BCUT2D eigenvalue weighted by Crippen LogP contribution is 2.13. The zero-order valence-electron chi connectivity index (χ0n) is 50.3. The van der Waals surface area contributed by atoms with E-state index in [0.717, 1.165) is 116 Å². The number of allylic oxidation sites excluding steroid dienone is 30. The van der Waals surface area contributed by atoms with Crippen molar-refractivity contribution in [2.75, 3.05) is 13.2 Å². The van der Waals surface area contributed by atoms with Crippen molar-refractivity contribution in [3.63, 3.8) is 0 Å². The normalized spacial score (nSPS) is 13.4. The van der Waals surface area contributed by atoms with Gasteiger partial charge in [0.25, 0.3) is 0 Å². The fraction of sp³-hybridized carbons (Fsp3) is 0.548. The van der Waals surface area contributed by atoms with Gasteiger partial charge in [0.15, 0.2) is 6.10 Å². The average molecular weight is 1090 g/mol. The van der Waals surface area contributed by atoms with Crippen LogP contribution in [-0.2, 0) is 28.6 Å². The second-order valence-corrected chi connectivity index (χ2v) is 19.8. The van der Waals surface area contributed by atoms with Crippen LogP contribution in [0, 0.1) is 0 Å². The minimum atomic E-state index is -0.856. The molecular weight excluding hydrogens is 973 g/mol. The van der Waals surface area contributed by atoms with E-state index in [-0.39, 0.29) is 38.0 Å². The van der Waals surface area contributed by atoms with Crippen LogP contribution >= 0.6 is 0 Å². The third-order valence-electron chi connectivity index (χ3n) is 12.4. The Hall–Kier alpha value is -5.49. The van der Waals surface area contributed by atoms with Crippen molar-refractivity contribution in [3.05, 3.63) is 182 Å². The number of hydrogen-bond donors (Lipinski definition) is 0. The van der Waals surface area contributed by atoms with Gasteiger partial charge >= 0.3 is 17.9 Å². The first-order chi connectivity index (χ1) is 39.0. The highest BCUT2D eigenvalue weighted by molar-refractivity contribution is 5.71. The van der Waals surface area contributed by atoms with Gasteiger partial charge in [-0.2, -0.15) is 0 Å². The van der Waals surface area contributed by atoms with Gasteiger partial charge in [0.05, 0.1) is 0 Å². The van der Waals surface area contributed by atoms with Crippen LogP contribution in [0.25, 0.3) is 0 Å². The lowest BCUT2D eigenvalue weighted by molar-refractivity contribution is -0.166. The molecule has 0 aliphatic rings. The fourth-order valence-corrected chi connectivity index (χ4v) is 7.78. The minimum Gasteiger partial charge on any atom is -0.462 e. The smallest absolute Gasteiger partial charge is 0.306 e. The summed E-state index contributed by atoms with van der Waals surface area (Å²) in [6, 6.07) is 0. The van der Waals surface area contributed by atoms with Gasteiger partial charge in [0.1, 0.15) is 13.2 Å². The molecule has 0 rings (SSSR count). The Bertz CT molecular complexity index is 1870. The number of carbonyl (C=O) groups is 3. The first-order valence-corrected chi connectivity index (χ1v) is 31.3. The monoisotopic (exact) mass is 1080 g/mol. The maximum Gasteiger partial charge on any atom is 0.306 e. The Morgan fingerprint density at radius 3 is 0.873 bits per heavy atom. The molecule has 0 saturated heterocycles. The van der Waals surface area contributed by atoms with Crippen LogP contribution in [-0.4, -0.2) is 37.2 Å². The van der Waals surface area contributed by atoms with Crippen LogP contribution in [0.3, 0.4) is 0 Å². The Labute approximate surface area is 484 Å². The molecule has 0 aromatic rings. The van der Waals surface area contributed by atoms with E-state index in [4.69, 9.17) is 14.2 Å². The summed E-state index contributed by atoms with van der Waals surface area (Å²) in [6.07, 6.45) is 97.6. The summed E-state index contributed by atoms with van der Waals surface area (Å²) < 4.78 is 16.8. The maximum absolute atomic E-state index is 12.9. The summed E-state index contributed by atoms with van der Waals surface area (Å²) in [5, 5.41) is 0. The molecule has 0 bridgehead atoms. The second kappa shape index (κ2) is 65.0. The molecule has 0 aromatic carbocycles. The van der Waals surface area contributed by atoms with Gasteiger partial charge in [-0.1, -0.05) is 261 Å². The van der Waals surface area contributed by atoms with Crippen LogP contribution in [0.1, 0.15) is 239 Å². The number of esters is 3. The molecule has 0 amide bonds. The average Bonchev–Trinajstić information content (AvgIpc) is 3.45. The molecule has 0 N–H and O–H groups in total. The van der Waals surface area contributed by atoms with E-state index in [0.29, 0.717) is 19.3 Å².